The van der Waals surface area contributed by atoms with Gasteiger partial charge in [0.2, 0.25) is 5.84 Å². The normalized spacial score (nSPS) is 13.0. The fourth-order valence-corrected chi connectivity index (χ4v) is 1.55. The lowest BCUT2D eigenvalue weighted by molar-refractivity contribution is -0.110. The molecular formula is C15H20N4O. The van der Waals surface area contributed by atoms with Crippen LogP contribution >= 0.6 is 0 Å². The lowest BCUT2D eigenvalue weighted by atomic mass is 9.92. The van der Waals surface area contributed by atoms with Crippen LogP contribution < -0.4 is 5.32 Å². The molecule has 0 aliphatic heterocycles. The molecule has 0 aliphatic carbocycles. The molecule has 1 heterocycles. The molecule has 1 aromatic heterocycles. The number of allylic oxidation sites excluding steroid dienone is 2. The van der Waals surface area contributed by atoms with E-state index in [-0.39, 0.29) is 11.3 Å². The maximum atomic E-state index is 12.1. The number of pyridine rings is 1. The Hall–Kier alpha value is -2.30. The standard InChI is InChI=1S/C15H20N4O/c1-6-11(15(2,3)4)18-13(16-5)14(20)19-12-9-7-8-10-17-12/h6-10H,5H2,1-4H3,(H,17,19,20)/b11-6-,18-13-. The number of hydrogen-bond acceptors (Lipinski definition) is 3. The first kappa shape index (κ1) is 15.8. The largest absolute Gasteiger partial charge is 0.304 e. The molecule has 0 bridgehead atoms. The van der Waals surface area contributed by atoms with Crippen LogP contribution in [-0.4, -0.2) is 23.4 Å². The zero-order valence-electron chi connectivity index (χ0n) is 12.3. The molecule has 1 rings (SSSR count). The minimum absolute atomic E-state index is 0.0266. The monoisotopic (exact) mass is 272 g/mol. The number of aromatic nitrogens is 1. The van der Waals surface area contributed by atoms with Gasteiger partial charge in [-0.25, -0.2) is 15.0 Å². The van der Waals surface area contributed by atoms with E-state index < -0.39 is 5.91 Å². The Morgan fingerprint density at radius 1 is 1.40 bits per heavy atom. The number of carbonyl (C=O) groups is 1. The minimum Gasteiger partial charge on any atom is -0.304 e. The van der Waals surface area contributed by atoms with Crippen molar-refractivity contribution in [2.45, 2.75) is 27.7 Å². The number of aliphatic imine (C=N–C) groups is 2. The Bertz CT molecular complexity index is 539. The molecule has 1 amide bonds. The van der Waals surface area contributed by atoms with Crippen LogP contribution in [0.5, 0.6) is 0 Å². The van der Waals surface area contributed by atoms with E-state index >= 15 is 0 Å². The van der Waals surface area contributed by atoms with Gasteiger partial charge in [-0.1, -0.05) is 32.9 Å². The summed E-state index contributed by atoms with van der Waals surface area (Å²) in [4.78, 5) is 24.1. The summed E-state index contributed by atoms with van der Waals surface area (Å²) in [5.74, 6) is 0.0487. The summed E-state index contributed by atoms with van der Waals surface area (Å²) in [6.07, 6.45) is 3.46. The van der Waals surface area contributed by atoms with Crippen molar-refractivity contribution in [2.75, 3.05) is 5.32 Å². The van der Waals surface area contributed by atoms with E-state index in [9.17, 15) is 4.79 Å². The Morgan fingerprint density at radius 3 is 2.55 bits per heavy atom. The Labute approximate surface area is 119 Å². The second-order valence-electron chi connectivity index (χ2n) is 5.19. The highest BCUT2D eigenvalue weighted by molar-refractivity contribution is 6.43. The van der Waals surface area contributed by atoms with Crippen LogP contribution in [0.2, 0.25) is 0 Å². The number of nitrogens with one attached hydrogen (secondary N) is 1. The van der Waals surface area contributed by atoms with Crippen LogP contribution in [0, 0.1) is 5.41 Å². The van der Waals surface area contributed by atoms with E-state index in [1.54, 1.807) is 24.4 Å². The van der Waals surface area contributed by atoms with Crippen LogP contribution in [-0.2, 0) is 4.79 Å². The zero-order valence-corrected chi connectivity index (χ0v) is 12.3. The molecule has 1 aromatic rings. The number of rotatable bonds is 2. The van der Waals surface area contributed by atoms with Crippen molar-refractivity contribution in [3.05, 3.63) is 36.2 Å². The predicted molar refractivity (Wildman–Crippen MR) is 83.1 cm³/mol. The lowest BCUT2D eigenvalue weighted by Crippen LogP contribution is -2.23. The van der Waals surface area contributed by atoms with Crippen molar-refractivity contribution in [1.82, 2.24) is 4.98 Å². The van der Waals surface area contributed by atoms with Gasteiger partial charge in [0, 0.05) is 17.3 Å². The Kier molecular flexibility index (Phi) is 5.32. The Morgan fingerprint density at radius 2 is 2.10 bits per heavy atom. The summed E-state index contributed by atoms with van der Waals surface area (Å²) in [6, 6.07) is 5.25. The van der Waals surface area contributed by atoms with Gasteiger partial charge < -0.3 is 5.32 Å². The first-order chi connectivity index (χ1) is 9.38. The molecule has 0 saturated carbocycles. The van der Waals surface area contributed by atoms with E-state index in [2.05, 4.69) is 27.0 Å². The van der Waals surface area contributed by atoms with Crippen LogP contribution in [0.3, 0.4) is 0 Å². The van der Waals surface area contributed by atoms with E-state index in [1.165, 1.54) is 0 Å². The first-order valence-electron chi connectivity index (χ1n) is 6.33. The third-order valence-electron chi connectivity index (χ3n) is 2.53. The molecule has 20 heavy (non-hydrogen) atoms. The van der Waals surface area contributed by atoms with E-state index in [0.29, 0.717) is 5.82 Å². The summed E-state index contributed by atoms with van der Waals surface area (Å²) >= 11 is 0. The van der Waals surface area contributed by atoms with Crippen LogP contribution in [0.4, 0.5) is 5.82 Å². The van der Waals surface area contributed by atoms with Crippen LogP contribution in [0.25, 0.3) is 0 Å². The predicted octanol–water partition coefficient (Wildman–Crippen LogP) is 3.07. The van der Waals surface area contributed by atoms with Gasteiger partial charge in [-0.3, -0.25) is 4.79 Å². The highest BCUT2D eigenvalue weighted by atomic mass is 16.2. The van der Waals surface area contributed by atoms with Crippen molar-refractivity contribution in [2.24, 2.45) is 15.4 Å². The topological polar surface area (TPSA) is 66.7 Å². The fourth-order valence-electron chi connectivity index (χ4n) is 1.55. The summed E-state index contributed by atoms with van der Waals surface area (Å²) in [7, 11) is 0. The number of carbonyl (C=O) groups excluding carboxylic acids is 1. The van der Waals surface area contributed by atoms with Gasteiger partial charge >= 0.3 is 0 Å². The molecule has 5 heteroatoms. The summed E-state index contributed by atoms with van der Waals surface area (Å²) in [5, 5.41) is 2.63. The molecule has 0 spiro atoms. The van der Waals surface area contributed by atoms with Gasteiger partial charge in [0.25, 0.3) is 5.91 Å². The fraction of sp³-hybridized carbons (Fsp3) is 0.333. The molecule has 0 unspecified atom stereocenters. The average Bonchev–Trinajstić information content (AvgIpc) is 2.39. The van der Waals surface area contributed by atoms with Gasteiger partial charge in [0.1, 0.15) is 5.82 Å². The van der Waals surface area contributed by atoms with Crippen molar-refractivity contribution in [1.29, 1.82) is 0 Å². The number of amides is 1. The smallest absolute Gasteiger partial charge is 0.294 e. The molecule has 1 N–H and O–H groups in total. The van der Waals surface area contributed by atoms with E-state index in [4.69, 9.17) is 0 Å². The van der Waals surface area contributed by atoms with Crippen LogP contribution in [0.15, 0.2) is 46.2 Å². The first-order valence-corrected chi connectivity index (χ1v) is 6.33. The molecule has 0 fully saturated rings. The summed E-state index contributed by atoms with van der Waals surface area (Å²) in [5.41, 5.74) is 0.603. The zero-order chi connectivity index (χ0) is 15.2. The Balaban J connectivity index is 2.96. The van der Waals surface area contributed by atoms with Crippen molar-refractivity contribution < 1.29 is 4.79 Å². The highest BCUT2D eigenvalue weighted by Crippen LogP contribution is 2.26. The number of anilines is 1. The maximum absolute atomic E-state index is 12.1. The maximum Gasteiger partial charge on any atom is 0.294 e. The lowest BCUT2D eigenvalue weighted by Gasteiger charge is -2.19. The molecule has 0 aliphatic rings. The summed E-state index contributed by atoms with van der Waals surface area (Å²) in [6.45, 7) is 11.3. The number of nitrogens with zero attached hydrogens (tertiary/aromatic N) is 3. The molecule has 0 radical (unpaired) electrons. The van der Waals surface area contributed by atoms with Gasteiger partial charge in [0.05, 0.1) is 0 Å². The molecule has 0 atom stereocenters. The number of amidine groups is 1. The molecule has 5 nitrogen and oxygen atoms in total. The second-order valence-corrected chi connectivity index (χ2v) is 5.19. The van der Waals surface area contributed by atoms with Crippen molar-refractivity contribution in [3.63, 3.8) is 0 Å². The quantitative estimate of drug-likeness (QED) is 0.664. The SMILES string of the molecule is C=N/C(=N\C(=C/C)C(C)(C)C)C(=O)Nc1ccccn1. The van der Waals surface area contributed by atoms with Crippen molar-refractivity contribution >= 4 is 24.3 Å². The number of hydrogen-bond donors (Lipinski definition) is 1. The molecule has 0 aromatic carbocycles. The second kappa shape index (κ2) is 6.75. The van der Waals surface area contributed by atoms with Gasteiger partial charge in [0.15, 0.2) is 0 Å². The van der Waals surface area contributed by atoms with Gasteiger partial charge in [-0.15, -0.1) is 0 Å². The van der Waals surface area contributed by atoms with Crippen LogP contribution in [0.1, 0.15) is 27.7 Å². The molecule has 106 valence electrons. The summed E-state index contributed by atoms with van der Waals surface area (Å²) < 4.78 is 0. The van der Waals surface area contributed by atoms with Crippen molar-refractivity contribution in [3.8, 4) is 0 Å². The minimum atomic E-state index is -0.428. The van der Waals surface area contributed by atoms with Gasteiger partial charge in [-0.2, -0.15) is 0 Å². The average molecular weight is 272 g/mol. The third kappa shape index (κ3) is 4.42. The highest BCUT2D eigenvalue weighted by Gasteiger charge is 2.19. The molecular weight excluding hydrogens is 252 g/mol. The van der Waals surface area contributed by atoms with Gasteiger partial charge in [-0.05, 0) is 25.8 Å². The van der Waals surface area contributed by atoms with E-state index in [1.807, 2.05) is 33.8 Å². The van der Waals surface area contributed by atoms with E-state index in [0.717, 1.165) is 5.70 Å². The molecule has 0 saturated heterocycles. The third-order valence-corrected chi connectivity index (χ3v) is 2.53.